The first kappa shape index (κ1) is 21.8. The second kappa shape index (κ2) is 8.99. The van der Waals surface area contributed by atoms with Crippen molar-refractivity contribution < 1.29 is 13.2 Å². The maximum atomic E-state index is 13.4. The molecule has 1 aromatic carbocycles. The van der Waals surface area contributed by atoms with Crippen LogP contribution in [0.3, 0.4) is 0 Å². The minimum atomic E-state index is -3.36. The van der Waals surface area contributed by atoms with Gasteiger partial charge in [0.25, 0.3) is 5.91 Å². The number of likely N-dealkylation sites (tertiary alicyclic amines) is 1. The lowest BCUT2D eigenvalue weighted by molar-refractivity contribution is 0.0492. The highest BCUT2D eigenvalue weighted by Gasteiger charge is 2.35. The molecule has 1 atom stereocenters. The van der Waals surface area contributed by atoms with Crippen molar-refractivity contribution >= 4 is 38.6 Å². The minimum absolute atomic E-state index is 0.0287. The zero-order chi connectivity index (χ0) is 22.0. The summed E-state index contributed by atoms with van der Waals surface area (Å²) >= 11 is 1.45. The summed E-state index contributed by atoms with van der Waals surface area (Å²) in [5.74, 6) is 0.0287. The van der Waals surface area contributed by atoms with E-state index in [1.54, 1.807) is 18.2 Å². The van der Waals surface area contributed by atoms with Gasteiger partial charge in [-0.2, -0.15) is 0 Å². The zero-order valence-corrected chi connectivity index (χ0v) is 19.2. The molecule has 10 heteroatoms. The Morgan fingerprint density at radius 2 is 2.00 bits per heavy atom. The molecule has 1 saturated heterocycles. The van der Waals surface area contributed by atoms with Gasteiger partial charge in [0.15, 0.2) is 0 Å². The van der Waals surface area contributed by atoms with E-state index < -0.39 is 10.0 Å². The second-order valence-corrected chi connectivity index (χ2v) is 10.6. The number of carbonyl (C=O) groups is 1. The van der Waals surface area contributed by atoms with E-state index in [9.17, 15) is 13.2 Å². The van der Waals surface area contributed by atoms with Gasteiger partial charge in [-0.15, -0.1) is 11.3 Å². The van der Waals surface area contributed by atoms with Gasteiger partial charge in [0.1, 0.15) is 6.17 Å². The quantitative estimate of drug-likeness (QED) is 0.688. The Labute approximate surface area is 187 Å². The lowest BCUT2D eigenvalue weighted by Gasteiger charge is -2.40. The van der Waals surface area contributed by atoms with E-state index in [-0.39, 0.29) is 18.1 Å². The monoisotopic (exact) mass is 461 g/mol. The number of thiophene rings is 1. The van der Waals surface area contributed by atoms with Crippen molar-refractivity contribution in [1.29, 1.82) is 0 Å². The second-order valence-electron chi connectivity index (χ2n) is 7.93. The molecule has 0 radical (unpaired) electrons. The number of hydrogen-bond acceptors (Lipinski definition) is 7. The third-order valence-corrected chi connectivity index (χ3v) is 6.93. The Balaban J connectivity index is 1.54. The van der Waals surface area contributed by atoms with Crippen molar-refractivity contribution in [1.82, 2.24) is 15.2 Å². The Kier molecular flexibility index (Phi) is 6.33. The molecule has 166 valence electrons. The first-order chi connectivity index (χ1) is 14.8. The number of benzene rings is 1. The fraction of sp³-hybridized carbons (Fsp3) is 0.381. The minimum Gasteiger partial charge on any atom is -0.314 e. The van der Waals surface area contributed by atoms with Gasteiger partial charge in [0.05, 0.1) is 22.5 Å². The standard InChI is InChI=1S/C21H27N5O3S2/c1-24-11-8-17(9-12-24)26(21(27)19-7-4-14-30-19)20-10-13-25(22-20)18-6-3-5-16(15-18)23-31(2,28)29/h3-7,10,13-15,17,20,22-23H,8-9,11-12H2,1-2H3. The number of carbonyl (C=O) groups excluding carboxylic acids is 1. The van der Waals surface area contributed by atoms with Crippen LogP contribution in [0.25, 0.3) is 0 Å². The molecular weight excluding hydrogens is 434 g/mol. The fourth-order valence-electron chi connectivity index (χ4n) is 3.96. The molecule has 1 fully saturated rings. The number of nitrogens with one attached hydrogen (secondary N) is 2. The number of anilines is 2. The molecule has 0 saturated carbocycles. The van der Waals surface area contributed by atoms with E-state index >= 15 is 0 Å². The SMILES string of the molecule is CN1CCC(N(C(=O)c2cccs2)C2C=CN(c3cccc(NS(C)(=O)=O)c3)N2)CC1. The summed E-state index contributed by atoms with van der Waals surface area (Å²) in [7, 11) is -1.25. The van der Waals surface area contributed by atoms with E-state index in [0.717, 1.165) is 42.8 Å². The van der Waals surface area contributed by atoms with Crippen LogP contribution in [0, 0.1) is 0 Å². The highest BCUT2D eigenvalue weighted by Crippen LogP contribution is 2.27. The summed E-state index contributed by atoms with van der Waals surface area (Å²) in [6.07, 6.45) is 6.55. The Morgan fingerprint density at radius 1 is 1.23 bits per heavy atom. The molecule has 31 heavy (non-hydrogen) atoms. The van der Waals surface area contributed by atoms with Crippen LogP contribution in [0.15, 0.2) is 54.1 Å². The molecule has 2 aliphatic heterocycles. The summed E-state index contributed by atoms with van der Waals surface area (Å²) in [5.41, 5.74) is 4.65. The average molecular weight is 462 g/mol. The van der Waals surface area contributed by atoms with Crippen LogP contribution in [0.1, 0.15) is 22.5 Å². The highest BCUT2D eigenvalue weighted by atomic mass is 32.2. The van der Waals surface area contributed by atoms with Gasteiger partial charge in [-0.05, 0) is 68.7 Å². The van der Waals surface area contributed by atoms with E-state index in [1.807, 2.05) is 45.8 Å². The maximum absolute atomic E-state index is 13.4. The van der Waals surface area contributed by atoms with Gasteiger partial charge >= 0.3 is 0 Å². The Morgan fingerprint density at radius 3 is 2.68 bits per heavy atom. The van der Waals surface area contributed by atoms with Gasteiger partial charge < -0.3 is 9.80 Å². The van der Waals surface area contributed by atoms with E-state index in [2.05, 4.69) is 22.1 Å². The van der Waals surface area contributed by atoms with Crippen molar-refractivity contribution in [3.05, 3.63) is 58.9 Å². The maximum Gasteiger partial charge on any atom is 0.265 e. The van der Waals surface area contributed by atoms with E-state index in [0.29, 0.717) is 5.69 Å². The van der Waals surface area contributed by atoms with Crippen LogP contribution in [0.4, 0.5) is 11.4 Å². The Hall–Kier alpha value is -2.40. The molecule has 1 unspecified atom stereocenters. The van der Waals surface area contributed by atoms with E-state index in [1.165, 1.54) is 11.3 Å². The van der Waals surface area contributed by atoms with Crippen LogP contribution < -0.4 is 15.2 Å². The Bertz CT molecular complexity index is 1050. The van der Waals surface area contributed by atoms with Gasteiger partial charge in [0, 0.05) is 12.2 Å². The largest absolute Gasteiger partial charge is 0.314 e. The molecule has 8 nitrogen and oxygen atoms in total. The van der Waals surface area contributed by atoms with Gasteiger partial charge in [-0.1, -0.05) is 12.1 Å². The molecular formula is C21H27N5O3S2. The first-order valence-corrected chi connectivity index (χ1v) is 12.9. The molecule has 2 aromatic rings. The molecule has 2 N–H and O–H groups in total. The number of amides is 1. The van der Waals surface area contributed by atoms with Crippen LogP contribution in [0.2, 0.25) is 0 Å². The first-order valence-electron chi connectivity index (χ1n) is 10.2. The van der Waals surface area contributed by atoms with Crippen molar-refractivity contribution in [3.8, 4) is 0 Å². The third-order valence-electron chi connectivity index (χ3n) is 5.46. The predicted octanol–water partition coefficient (Wildman–Crippen LogP) is 2.52. The van der Waals surface area contributed by atoms with Crippen LogP contribution in [0.5, 0.6) is 0 Å². The molecule has 0 aliphatic carbocycles. The highest BCUT2D eigenvalue weighted by molar-refractivity contribution is 7.92. The molecule has 1 aromatic heterocycles. The number of nitrogens with zero attached hydrogens (tertiary/aromatic N) is 3. The normalized spacial score (nSPS) is 20.2. The summed E-state index contributed by atoms with van der Waals surface area (Å²) in [5, 5.41) is 3.74. The number of piperidine rings is 1. The average Bonchev–Trinajstić information content (AvgIpc) is 3.41. The van der Waals surface area contributed by atoms with Crippen LogP contribution in [-0.2, 0) is 10.0 Å². The summed E-state index contributed by atoms with van der Waals surface area (Å²) in [6.45, 7) is 1.91. The summed E-state index contributed by atoms with van der Waals surface area (Å²) in [4.78, 5) is 18.3. The van der Waals surface area contributed by atoms with Gasteiger partial charge in [-0.3, -0.25) is 14.5 Å². The molecule has 0 spiro atoms. The third kappa shape index (κ3) is 5.27. The lowest BCUT2D eigenvalue weighted by atomic mass is 10.0. The van der Waals surface area contributed by atoms with Crippen molar-refractivity contribution in [3.63, 3.8) is 0 Å². The summed E-state index contributed by atoms with van der Waals surface area (Å²) < 4.78 is 25.6. The van der Waals surface area contributed by atoms with Crippen molar-refractivity contribution in [2.24, 2.45) is 0 Å². The molecule has 0 bridgehead atoms. The molecule has 1 amide bonds. The van der Waals surface area contributed by atoms with Crippen molar-refractivity contribution in [2.45, 2.75) is 25.0 Å². The topological polar surface area (TPSA) is 85.0 Å². The van der Waals surface area contributed by atoms with E-state index in [4.69, 9.17) is 0 Å². The zero-order valence-electron chi connectivity index (χ0n) is 17.6. The van der Waals surface area contributed by atoms with Crippen LogP contribution in [-0.4, -0.2) is 62.7 Å². The molecule has 2 aliphatic rings. The summed E-state index contributed by atoms with van der Waals surface area (Å²) in [6, 6.07) is 11.0. The van der Waals surface area contributed by atoms with Gasteiger partial charge in [0.2, 0.25) is 10.0 Å². The number of hydrazine groups is 1. The predicted molar refractivity (Wildman–Crippen MR) is 124 cm³/mol. The number of rotatable bonds is 6. The van der Waals surface area contributed by atoms with Crippen molar-refractivity contribution in [2.75, 3.05) is 36.1 Å². The lowest BCUT2D eigenvalue weighted by Crippen LogP contribution is -2.56. The smallest absolute Gasteiger partial charge is 0.265 e. The van der Waals surface area contributed by atoms with Gasteiger partial charge in [-0.25, -0.2) is 13.8 Å². The molecule has 4 rings (SSSR count). The fourth-order valence-corrected chi connectivity index (χ4v) is 5.19. The number of sulfonamides is 1. The van der Waals surface area contributed by atoms with Crippen LogP contribution >= 0.6 is 11.3 Å². The number of hydrogen-bond donors (Lipinski definition) is 2. The molecule has 3 heterocycles.